The smallest absolute Gasteiger partial charge is 0.163 e. The lowest BCUT2D eigenvalue weighted by molar-refractivity contribution is 0.685. The van der Waals surface area contributed by atoms with E-state index in [2.05, 4.69) is 39.2 Å². The molecular formula is C23H22N4. The van der Waals surface area contributed by atoms with E-state index in [1.807, 2.05) is 36.4 Å². The second-order valence-corrected chi connectivity index (χ2v) is 6.67. The summed E-state index contributed by atoms with van der Waals surface area (Å²) in [5.41, 5.74) is 10.8. The van der Waals surface area contributed by atoms with Crippen molar-refractivity contribution in [3.8, 4) is 11.4 Å². The Hall–Kier alpha value is -3.27. The number of rotatable bonds is 1. The molecule has 2 aromatic heterocycles. The van der Waals surface area contributed by atoms with Crippen LogP contribution in [0.25, 0.3) is 22.3 Å². The van der Waals surface area contributed by atoms with Crippen LogP contribution in [0.2, 0.25) is 0 Å². The molecule has 0 radical (unpaired) electrons. The quantitative estimate of drug-likeness (QED) is 0.531. The summed E-state index contributed by atoms with van der Waals surface area (Å²) in [5.74, 6) is 1.10. The lowest BCUT2D eigenvalue weighted by atomic mass is 9.92. The number of hydrogen-bond acceptors (Lipinski definition) is 4. The summed E-state index contributed by atoms with van der Waals surface area (Å²) >= 11 is 0. The molecule has 2 aromatic carbocycles. The maximum Gasteiger partial charge on any atom is 0.163 e. The van der Waals surface area contributed by atoms with Crippen molar-refractivity contribution < 1.29 is 0 Å². The Morgan fingerprint density at radius 3 is 2.15 bits per heavy atom. The van der Waals surface area contributed by atoms with Gasteiger partial charge < -0.3 is 5.73 Å². The topological polar surface area (TPSA) is 64.7 Å². The number of aryl methyl sites for hydroxylation is 2. The first kappa shape index (κ1) is 17.2. The van der Waals surface area contributed by atoms with Gasteiger partial charge in [-0.25, -0.2) is 9.97 Å². The van der Waals surface area contributed by atoms with E-state index in [-0.39, 0.29) is 0 Å². The van der Waals surface area contributed by atoms with Gasteiger partial charge in [-0.05, 0) is 61.1 Å². The van der Waals surface area contributed by atoms with Crippen LogP contribution in [0.3, 0.4) is 0 Å². The van der Waals surface area contributed by atoms with Crippen molar-refractivity contribution in [3.63, 3.8) is 0 Å². The average molecular weight is 354 g/mol. The number of anilines is 1. The van der Waals surface area contributed by atoms with Crippen molar-refractivity contribution in [3.05, 3.63) is 84.2 Å². The van der Waals surface area contributed by atoms with Gasteiger partial charge in [-0.15, -0.1) is 0 Å². The molecule has 0 bridgehead atoms. The Bertz CT molecular complexity index is 1020. The predicted octanol–water partition coefficient (Wildman–Crippen LogP) is 4.84. The Morgan fingerprint density at radius 2 is 1.44 bits per heavy atom. The number of nitrogens with two attached hydrogens (primary N) is 1. The largest absolute Gasteiger partial charge is 0.383 e. The molecule has 27 heavy (non-hydrogen) atoms. The fourth-order valence-electron chi connectivity index (χ4n) is 3.40. The van der Waals surface area contributed by atoms with Crippen molar-refractivity contribution in [1.82, 2.24) is 15.0 Å². The summed E-state index contributed by atoms with van der Waals surface area (Å²) in [7, 11) is 0. The van der Waals surface area contributed by atoms with E-state index in [1.54, 1.807) is 23.5 Å². The molecule has 0 saturated carbocycles. The molecule has 134 valence electrons. The Kier molecular flexibility index (Phi) is 5.06. The molecule has 2 N–H and O–H groups in total. The molecule has 2 heterocycles. The van der Waals surface area contributed by atoms with Crippen molar-refractivity contribution in [2.75, 3.05) is 5.73 Å². The van der Waals surface area contributed by atoms with E-state index in [4.69, 9.17) is 5.73 Å². The van der Waals surface area contributed by atoms with Crippen molar-refractivity contribution in [1.29, 1.82) is 0 Å². The number of benzene rings is 2. The third kappa shape index (κ3) is 3.95. The minimum absolute atomic E-state index is 0.495. The van der Waals surface area contributed by atoms with Crippen molar-refractivity contribution in [2.45, 2.75) is 25.7 Å². The molecule has 0 unspecified atom stereocenters. The van der Waals surface area contributed by atoms with Gasteiger partial charge in [0.15, 0.2) is 5.82 Å². The van der Waals surface area contributed by atoms with Crippen LogP contribution in [-0.4, -0.2) is 15.0 Å². The zero-order chi connectivity index (χ0) is 18.5. The Morgan fingerprint density at radius 1 is 0.741 bits per heavy atom. The molecule has 4 aromatic rings. The first-order valence-corrected chi connectivity index (χ1v) is 9.31. The molecule has 1 aliphatic carbocycles. The van der Waals surface area contributed by atoms with Gasteiger partial charge in [0, 0.05) is 23.3 Å². The molecule has 0 saturated heterocycles. The van der Waals surface area contributed by atoms with E-state index < -0.39 is 0 Å². The zero-order valence-electron chi connectivity index (χ0n) is 15.2. The summed E-state index contributed by atoms with van der Waals surface area (Å²) in [5, 5.41) is 0.875. The average Bonchev–Trinajstić information content (AvgIpc) is 2.75. The fraction of sp³-hybridized carbons (Fsp3) is 0.174. The lowest BCUT2D eigenvalue weighted by Crippen LogP contribution is -2.00. The monoisotopic (exact) mass is 354 g/mol. The highest BCUT2D eigenvalue weighted by atomic mass is 14.9. The van der Waals surface area contributed by atoms with Gasteiger partial charge in [0.1, 0.15) is 5.82 Å². The van der Waals surface area contributed by atoms with E-state index in [0.29, 0.717) is 11.6 Å². The van der Waals surface area contributed by atoms with Crippen LogP contribution in [-0.2, 0) is 12.8 Å². The number of nitrogens with zero attached hydrogens (tertiary/aromatic N) is 3. The van der Waals surface area contributed by atoms with Gasteiger partial charge in [-0.1, -0.05) is 36.4 Å². The third-order valence-electron chi connectivity index (χ3n) is 4.81. The molecule has 0 amide bonds. The third-order valence-corrected chi connectivity index (χ3v) is 4.81. The van der Waals surface area contributed by atoms with E-state index in [0.717, 1.165) is 16.5 Å². The van der Waals surface area contributed by atoms with E-state index in [9.17, 15) is 0 Å². The maximum atomic E-state index is 5.92. The number of fused-ring (bicyclic) bond motifs is 2. The number of pyridine rings is 1. The molecule has 5 rings (SSSR count). The highest BCUT2D eigenvalue weighted by Crippen LogP contribution is 2.22. The van der Waals surface area contributed by atoms with Crippen LogP contribution < -0.4 is 5.73 Å². The van der Waals surface area contributed by atoms with Crippen LogP contribution in [0.5, 0.6) is 0 Å². The standard InChI is InChI=1S/C13H10N4.C10H12/c14-12-10-5-1-2-6-11(10)16-13(17-12)9-4-3-7-15-8-9;1-2-6-10-8-4-3-7-9(10)5-1/h1-8H,(H2,14,16,17);1-2,5-6H,3-4,7-8H2. The van der Waals surface area contributed by atoms with Crippen LogP contribution in [0.15, 0.2) is 73.1 Å². The van der Waals surface area contributed by atoms with Gasteiger partial charge in [0.2, 0.25) is 0 Å². The molecule has 4 heteroatoms. The SMILES string of the molecule is Nc1nc(-c2cccnc2)nc2ccccc12.c1ccc2c(c1)CCCC2. The second-order valence-electron chi connectivity index (χ2n) is 6.67. The molecule has 0 spiro atoms. The lowest BCUT2D eigenvalue weighted by Gasteiger charge is -2.13. The Balaban J connectivity index is 0.000000153. The summed E-state index contributed by atoms with van der Waals surface area (Å²) in [6.07, 6.45) is 8.82. The fourth-order valence-corrected chi connectivity index (χ4v) is 3.40. The molecular weight excluding hydrogens is 332 g/mol. The van der Waals surface area contributed by atoms with Crippen LogP contribution in [0.4, 0.5) is 5.82 Å². The van der Waals surface area contributed by atoms with Crippen molar-refractivity contribution in [2.24, 2.45) is 0 Å². The molecule has 1 aliphatic rings. The van der Waals surface area contributed by atoms with Gasteiger partial charge >= 0.3 is 0 Å². The summed E-state index contributed by atoms with van der Waals surface area (Å²) < 4.78 is 0. The van der Waals surface area contributed by atoms with Gasteiger partial charge in [0.25, 0.3) is 0 Å². The molecule has 0 fully saturated rings. The van der Waals surface area contributed by atoms with Crippen LogP contribution in [0.1, 0.15) is 24.0 Å². The van der Waals surface area contributed by atoms with Gasteiger partial charge in [-0.3, -0.25) is 4.98 Å². The van der Waals surface area contributed by atoms with Crippen LogP contribution >= 0.6 is 0 Å². The molecule has 0 atom stereocenters. The highest BCUT2D eigenvalue weighted by Gasteiger charge is 2.07. The first-order chi connectivity index (χ1) is 13.3. The Labute approximate surface area is 159 Å². The van der Waals surface area contributed by atoms with Crippen LogP contribution in [0, 0.1) is 0 Å². The number of hydrogen-bond donors (Lipinski definition) is 1. The summed E-state index contributed by atoms with van der Waals surface area (Å²) in [6, 6.07) is 20.3. The number of nitrogen functional groups attached to an aromatic ring is 1. The molecule has 4 nitrogen and oxygen atoms in total. The first-order valence-electron chi connectivity index (χ1n) is 9.31. The van der Waals surface area contributed by atoms with E-state index >= 15 is 0 Å². The minimum atomic E-state index is 0.495. The van der Waals surface area contributed by atoms with Crippen molar-refractivity contribution >= 4 is 16.7 Å². The summed E-state index contributed by atoms with van der Waals surface area (Å²) in [4.78, 5) is 12.8. The van der Waals surface area contributed by atoms with E-state index in [1.165, 1.54) is 25.7 Å². The minimum Gasteiger partial charge on any atom is -0.383 e. The normalized spacial score (nSPS) is 12.7. The number of para-hydroxylation sites is 1. The van der Waals surface area contributed by atoms with Gasteiger partial charge in [0.05, 0.1) is 5.52 Å². The molecule has 0 aliphatic heterocycles. The predicted molar refractivity (Wildman–Crippen MR) is 110 cm³/mol. The number of aromatic nitrogens is 3. The highest BCUT2D eigenvalue weighted by molar-refractivity contribution is 5.89. The zero-order valence-corrected chi connectivity index (χ0v) is 15.2. The second kappa shape index (κ2) is 7.96. The summed E-state index contributed by atoms with van der Waals surface area (Å²) in [6.45, 7) is 0. The maximum absolute atomic E-state index is 5.92. The van der Waals surface area contributed by atoms with Gasteiger partial charge in [-0.2, -0.15) is 0 Å².